The molecule has 0 saturated carbocycles. The van der Waals surface area contributed by atoms with Gasteiger partial charge in [-0.3, -0.25) is 14.4 Å². The lowest BCUT2D eigenvalue weighted by molar-refractivity contribution is -0.146. The Morgan fingerprint density at radius 1 is 0.403 bits per heavy atom. The third-order valence-electron chi connectivity index (χ3n) is 15.0. The summed E-state index contributed by atoms with van der Waals surface area (Å²) in [6.07, 6.45) is 48.8. The quantitative estimate of drug-likeness (QED) is 0.0447. The average molecular weight is 946 g/mol. The number of esters is 2. The third kappa shape index (κ3) is 38.8. The number of carbonyl (C=O) groups is 3. The van der Waals surface area contributed by atoms with E-state index in [1.807, 2.05) is 0 Å². The van der Waals surface area contributed by atoms with Crippen molar-refractivity contribution in [2.75, 3.05) is 45.9 Å². The maximum absolute atomic E-state index is 14.5. The lowest BCUT2D eigenvalue weighted by atomic mass is 9.92. The predicted molar refractivity (Wildman–Crippen MR) is 288 cm³/mol. The second-order valence-corrected chi connectivity index (χ2v) is 21.4. The molecule has 0 aromatic rings. The molecule has 2 unspecified atom stereocenters. The van der Waals surface area contributed by atoms with E-state index >= 15 is 0 Å². The van der Waals surface area contributed by atoms with Crippen molar-refractivity contribution in [2.24, 2.45) is 17.8 Å². The Balaban J connectivity index is 2.61. The average Bonchev–Trinajstić information content (AvgIpc) is 3.86. The van der Waals surface area contributed by atoms with Gasteiger partial charge in [-0.05, 0) is 109 Å². The van der Waals surface area contributed by atoms with Crippen molar-refractivity contribution in [3.8, 4) is 0 Å². The van der Waals surface area contributed by atoms with E-state index in [2.05, 4.69) is 44.4 Å². The summed E-state index contributed by atoms with van der Waals surface area (Å²) in [5, 5.41) is 0. The molecule has 0 aliphatic carbocycles. The summed E-state index contributed by atoms with van der Waals surface area (Å²) >= 11 is 0. The van der Waals surface area contributed by atoms with Crippen molar-refractivity contribution < 1.29 is 23.9 Å². The smallest absolute Gasteiger partial charge is 0.305 e. The molecule has 0 N–H and O–H groups in total. The lowest BCUT2D eigenvalue weighted by Gasteiger charge is -2.29. The zero-order chi connectivity index (χ0) is 48.7. The number of unbranched alkanes of at least 4 members (excludes halogenated alkanes) is 24. The molecule has 1 aliphatic rings. The lowest BCUT2D eigenvalue weighted by Crippen LogP contribution is -2.39. The van der Waals surface area contributed by atoms with Crippen molar-refractivity contribution in [3.05, 3.63) is 0 Å². The summed E-state index contributed by atoms with van der Waals surface area (Å²) in [6.45, 7) is 17.9. The van der Waals surface area contributed by atoms with Gasteiger partial charge in [0.1, 0.15) is 0 Å². The molecule has 0 aromatic heterocycles. The van der Waals surface area contributed by atoms with Crippen LogP contribution in [0.4, 0.5) is 0 Å². The molecular weight excluding hydrogens is 829 g/mol. The first-order valence-corrected chi connectivity index (χ1v) is 30.2. The van der Waals surface area contributed by atoms with Gasteiger partial charge in [0.15, 0.2) is 0 Å². The van der Waals surface area contributed by atoms with Crippen LogP contribution in [0, 0.1) is 17.8 Å². The van der Waals surface area contributed by atoms with Gasteiger partial charge < -0.3 is 19.3 Å². The van der Waals surface area contributed by atoms with Gasteiger partial charge in [-0.1, -0.05) is 214 Å². The zero-order valence-corrected chi connectivity index (χ0v) is 45.8. The van der Waals surface area contributed by atoms with E-state index in [9.17, 15) is 14.4 Å². The van der Waals surface area contributed by atoms with Gasteiger partial charge in [0.05, 0.1) is 13.2 Å². The van der Waals surface area contributed by atoms with Crippen LogP contribution in [0.2, 0.25) is 0 Å². The van der Waals surface area contributed by atoms with Crippen LogP contribution in [0.3, 0.4) is 0 Å². The van der Waals surface area contributed by atoms with Crippen LogP contribution in [0.5, 0.6) is 0 Å². The van der Waals surface area contributed by atoms with Crippen molar-refractivity contribution in [1.29, 1.82) is 0 Å². The SMILES string of the molecule is CCCCCCCCCN(CCCN1CCCC1)C(=O)C(CCCCCCCCC(=O)OCC(CCCC)CCCCCC)CCCCCCCCC(=O)OCC(CCCC)CCCCCC. The van der Waals surface area contributed by atoms with Gasteiger partial charge in [-0.15, -0.1) is 0 Å². The molecule has 0 radical (unpaired) electrons. The molecule has 67 heavy (non-hydrogen) atoms. The van der Waals surface area contributed by atoms with Crippen molar-refractivity contribution in [2.45, 2.75) is 304 Å². The van der Waals surface area contributed by atoms with Gasteiger partial charge in [0.25, 0.3) is 0 Å². The fourth-order valence-electron chi connectivity index (χ4n) is 10.4. The number of carbonyl (C=O) groups excluding carboxylic acids is 3. The molecule has 0 spiro atoms. The van der Waals surface area contributed by atoms with Gasteiger partial charge in [0.2, 0.25) is 5.91 Å². The predicted octanol–water partition coefficient (Wildman–Crippen LogP) is 17.5. The van der Waals surface area contributed by atoms with Crippen LogP contribution < -0.4 is 0 Å². The van der Waals surface area contributed by atoms with E-state index in [1.165, 1.54) is 193 Å². The summed E-state index contributed by atoms with van der Waals surface area (Å²) in [7, 11) is 0. The fourth-order valence-corrected chi connectivity index (χ4v) is 10.4. The van der Waals surface area contributed by atoms with E-state index in [0.29, 0.717) is 43.8 Å². The van der Waals surface area contributed by atoms with Crippen LogP contribution in [-0.2, 0) is 23.9 Å². The minimum atomic E-state index is -0.00699. The van der Waals surface area contributed by atoms with Crippen LogP contribution in [0.15, 0.2) is 0 Å². The fraction of sp³-hybridized carbons (Fsp3) is 0.950. The van der Waals surface area contributed by atoms with Gasteiger partial charge in [-0.25, -0.2) is 0 Å². The van der Waals surface area contributed by atoms with Gasteiger partial charge in [0, 0.05) is 31.8 Å². The van der Waals surface area contributed by atoms with Crippen molar-refractivity contribution in [1.82, 2.24) is 9.80 Å². The van der Waals surface area contributed by atoms with Crippen molar-refractivity contribution in [3.63, 3.8) is 0 Å². The van der Waals surface area contributed by atoms with Crippen LogP contribution in [0.25, 0.3) is 0 Å². The molecule has 7 nitrogen and oxygen atoms in total. The minimum absolute atomic E-state index is 0.00699. The zero-order valence-electron chi connectivity index (χ0n) is 45.8. The van der Waals surface area contributed by atoms with E-state index in [0.717, 1.165) is 96.7 Å². The Morgan fingerprint density at radius 2 is 0.746 bits per heavy atom. The Kier molecular flexibility index (Phi) is 45.4. The molecule has 1 amide bonds. The number of ether oxygens (including phenoxy) is 2. The first-order chi connectivity index (χ1) is 32.9. The number of hydrogen-bond acceptors (Lipinski definition) is 6. The minimum Gasteiger partial charge on any atom is -0.465 e. The first-order valence-electron chi connectivity index (χ1n) is 30.2. The first kappa shape index (κ1) is 63.4. The molecule has 1 heterocycles. The molecule has 1 aliphatic heterocycles. The largest absolute Gasteiger partial charge is 0.465 e. The number of hydrogen-bond donors (Lipinski definition) is 0. The monoisotopic (exact) mass is 945 g/mol. The highest BCUT2D eigenvalue weighted by Gasteiger charge is 2.24. The molecule has 0 bridgehead atoms. The molecule has 1 rings (SSSR count). The molecule has 1 fully saturated rings. The summed E-state index contributed by atoms with van der Waals surface area (Å²) in [5.41, 5.74) is 0. The third-order valence-corrected chi connectivity index (χ3v) is 15.0. The maximum Gasteiger partial charge on any atom is 0.305 e. The van der Waals surface area contributed by atoms with Gasteiger partial charge in [-0.2, -0.15) is 0 Å². The van der Waals surface area contributed by atoms with Crippen LogP contribution >= 0.6 is 0 Å². The summed E-state index contributed by atoms with van der Waals surface area (Å²) < 4.78 is 11.6. The highest BCUT2D eigenvalue weighted by molar-refractivity contribution is 5.78. The van der Waals surface area contributed by atoms with Crippen LogP contribution in [0.1, 0.15) is 304 Å². The Bertz CT molecular complexity index is 1040. The second-order valence-electron chi connectivity index (χ2n) is 21.4. The Morgan fingerprint density at radius 3 is 1.19 bits per heavy atom. The Labute approximate surface area is 417 Å². The molecule has 396 valence electrons. The van der Waals surface area contributed by atoms with Crippen LogP contribution in [-0.4, -0.2) is 73.6 Å². The highest BCUT2D eigenvalue weighted by atomic mass is 16.5. The van der Waals surface area contributed by atoms with E-state index in [4.69, 9.17) is 9.47 Å². The highest BCUT2D eigenvalue weighted by Crippen LogP contribution is 2.24. The normalized spacial score (nSPS) is 14.3. The van der Waals surface area contributed by atoms with Gasteiger partial charge >= 0.3 is 11.9 Å². The Hall–Kier alpha value is -1.63. The number of nitrogens with zero attached hydrogens (tertiary/aromatic N) is 2. The van der Waals surface area contributed by atoms with E-state index < -0.39 is 0 Å². The summed E-state index contributed by atoms with van der Waals surface area (Å²) in [6, 6.07) is 0. The molecule has 0 aromatic carbocycles. The summed E-state index contributed by atoms with van der Waals surface area (Å²) in [4.78, 5) is 44.6. The van der Waals surface area contributed by atoms with Crippen molar-refractivity contribution >= 4 is 17.8 Å². The standard InChI is InChI=1S/C60H116N2O5/c1-6-11-16-19-24-29-36-51-62(52-39-50-61-48-37-38-49-61)60(65)57(44-32-25-20-22-27-34-46-58(63)66-53-55(40-14-9-4)42-30-17-12-7-2)45-33-26-21-23-28-35-47-59(64)67-54-56(41-15-10-5)43-31-18-13-8-3/h55-57H,6-54H2,1-5H3. The molecule has 1 saturated heterocycles. The van der Waals surface area contributed by atoms with E-state index in [1.54, 1.807) is 0 Å². The number of likely N-dealkylation sites (tertiary alicyclic amines) is 1. The number of amides is 1. The maximum atomic E-state index is 14.5. The number of rotatable bonds is 51. The topological polar surface area (TPSA) is 76.2 Å². The molecule has 2 atom stereocenters. The molecular formula is C60H116N2O5. The second kappa shape index (κ2) is 48.0. The summed E-state index contributed by atoms with van der Waals surface area (Å²) in [5.74, 6) is 1.59. The molecule has 7 heteroatoms. The van der Waals surface area contributed by atoms with E-state index in [-0.39, 0.29) is 17.9 Å².